The van der Waals surface area contributed by atoms with Crippen molar-refractivity contribution >= 4 is 34.4 Å². The lowest BCUT2D eigenvalue weighted by atomic mass is 9.86. The molecule has 0 unspecified atom stereocenters. The first kappa shape index (κ1) is 23.5. The van der Waals surface area contributed by atoms with Crippen LogP contribution in [-0.2, 0) is 22.4 Å². The van der Waals surface area contributed by atoms with E-state index in [1.54, 1.807) is 6.26 Å². The van der Waals surface area contributed by atoms with Gasteiger partial charge in [-0.15, -0.1) is 0 Å². The molecule has 0 aliphatic heterocycles. The number of carbonyl (C=O) groups is 2. The normalized spacial score (nSPS) is 13.9. The number of nitrogens with zero attached hydrogens (tertiary/aromatic N) is 1. The van der Waals surface area contributed by atoms with Crippen molar-refractivity contribution < 1.29 is 18.7 Å². The Hall–Kier alpha value is -4.19. The third-order valence-corrected chi connectivity index (χ3v) is 6.38. The van der Waals surface area contributed by atoms with Crippen LogP contribution in [0.1, 0.15) is 52.2 Å². The summed E-state index contributed by atoms with van der Waals surface area (Å²) in [6.07, 6.45) is 7.78. The number of hydrogen-bond donors (Lipinski definition) is 1. The van der Waals surface area contributed by atoms with Crippen LogP contribution >= 0.6 is 0 Å². The summed E-state index contributed by atoms with van der Waals surface area (Å²) in [4.78, 5) is 30.6. The van der Waals surface area contributed by atoms with E-state index in [2.05, 4.69) is 17.4 Å². The standard InChI is InChI=1S/C30H28N2O4/c33-27(31-17-7-11-21-9-2-1-3-10-21)20-36-30(34)28-24-14-4-5-16-26(24)32-29-22(12-6-15-25(28)29)19-23-13-8-18-35-23/h1-5,8-10,13-14,16,18-19H,6-7,11-12,15,17,20H2,(H,31,33). The highest BCUT2D eigenvalue weighted by molar-refractivity contribution is 6.07. The number of benzene rings is 2. The fraction of sp³-hybridized carbons (Fsp3) is 0.233. The topological polar surface area (TPSA) is 81.4 Å². The van der Waals surface area contributed by atoms with Gasteiger partial charge in [-0.1, -0.05) is 48.5 Å². The predicted octanol–water partition coefficient (Wildman–Crippen LogP) is 5.61. The molecule has 182 valence electrons. The minimum absolute atomic E-state index is 0.304. The van der Waals surface area contributed by atoms with E-state index >= 15 is 0 Å². The van der Waals surface area contributed by atoms with Gasteiger partial charge in [0.25, 0.3) is 5.91 Å². The SMILES string of the molecule is O=C(COC(=O)c1c2c(nc3ccccc13)C(=Cc1ccco1)CCC2)NCCCc1ccccc1. The third-order valence-electron chi connectivity index (χ3n) is 6.38. The molecule has 0 radical (unpaired) electrons. The van der Waals surface area contributed by atoms with Crippen LogP contribution in [0.15, 0.2) is 77.4 Å². The number of ether oxygens (including phenoxy) is 1. The fourth-order valence-corrected chi connectivity index (χ4v) is 4.67. The average molecular weight is 481 g/mol. The van der Waals surface area contributed by atoms with Gasteiger partial charge in [-0.25, -0.2) is 9.78 Å². The van der Waals surface area contributed by atoms with Crippen molar-refractivity contribution in [2.75, 3.05) is 13.2 Å². The largest absolute Gasteiger partial charge is 0.465 e. The Kier molecular flexibility index (Phi) is 7.22. The molecule has 36 heavy (non-hydrogen) atoms. The van der Waals surface area contributed by atoms with Crippen molar-refractivity contribution in [2.24, 2.45) is 0 Å². The van der Waals surface area contributed by atoms with E-state index in [-0.39, 0.29) is 12.5 Å². The number of amides is 1. The summed E-state index contributed by atoms with van der Waals surface area (Å²) in [5.74, 6) is -0.0496. The third kappa shape index (κ3) is 5.38. The van der Waals surface area contributed by atoms with Gasteiger partial charge in [-0.05, 0) is 73.1 Å². The molecule has 4 aromatic rings. The second-order valence-corrected chi connectivity index (χ2v) is 8.88. The number of pyridine rings is 1. The molecule has 1 aliphatic carbocycles. The van der Waals surface area contributed by atoms with Crippen LogP contribution in [0.5, 0.6) is 0 Å². The lowest BCUT2D eigenvalue weighted by Crippen LogP contribution is -2.30. The molecule has 0 atom stereocenters. The van der Waals surface area contributed by atoms with E-state index in [9.17, 15) is 9.59 Å². The number of furan rings is 1. The maximum Gasteiger partial charge on any atom is 0.339 e. The van der Waals surface area contributed by atoms with Gasteiger partial charge in [-0.2, -0.15) is 0 Å². The van der Waals surface area contributed by atoms with Gasteiger partial charge in [-0.3, -0.25) is 4.79 Å². The molecule has 5 rings (SSSR count). The van der Waals surface area contributed by atoms with Crippen molar-refractivity contribution in [2.45, 2.75) is 32.1 Å². The highest BCUT2D eigenvalue weighted by Gasteiger charge is 2.26. The number of hydrogen-bond acceptors (Lipinski definition) is 5. The van der Waals surface area contributed by atoms with Crippen LogP contribution < -0.4 is 5.32 Å². The van der Waals surface area contributed by atoms with Gasteiger partial charge < -0.3 is 14.5 Å². The predicted molar refractivity (Wildman–Crippen MR) is 139 cm³/mol. The zero-order valence-corrected chi connectivity index (χ0v) is 20.0. The number of nitrogens with one attached hydrogen (secondary N) is 1. The second-order valence-electron chi connectivity index (χ2n) is 8.88. The van der Waals surface area contributed by atoms with Gasteiger partial charge in [0.2, 0.25) is 0 Å². The molecule has 6 nitrogen and oxygen atoms in total. The molecule has 2 aromatic heterocycles. The first-order chi connectivity index (χ1) is 17.7. The number of aromatic nitrogens is 1. The Morgan fingerprint density at radius 3 is 2.67 bits per heavy atom. The highest BCUT2D eigenvalue weighted by atomic mass is 16.5. The van der Waals surface area contributed by atoms with Crippen LogP contribution in [-0.4, -0.2) is 30.0 Å². The maximum atomic E-state index is 13.3. The van der Waals surface area contributed by atoms with Crippen molar-refractivity contribution in [1.29, 1.82) is 0 Å². The monoisotopic (exact) mass is 480 g/mol. The molecule has 0 bridgehead atoms. The maximum absolute atomic E-state index is 13.3. The molecular formula is C30H28N2O4. The van der Waals surface area contributed by atoms with Gasteiger partial charge in [0, 0.05) is 11.9 Å². The molecule has 0 saturated carbocycles. The van der Waals surface area contributed by atoms with Crippen LogP contribution in [0.2, 0.25) is 0 Å². The van der Waals surface area contributed by atoms with Gasteiger partial charge in [0.15, 0.2) is 6.61 Å². The number of aryl methyl sites for hydroxylation is 1. The molecule has 6 heteroatoms. The number of rotatable bonds is 8. The summed E-state index contributed by atoms with van der Waals surface area (Å²) in [5.41, 5.74) is 5.15. The Morgan fingerprint density at radius 1 is 1.00 bits per heavy atom. The first-order valence-corrected chi connectivity index (χ1v) is 12.3. The minimum atomic E-state index is -0.497. The summed E-state index contributed by atoms with van der Waals surface area (Å²) in [5, 5.41) is 3.58. The Bertz CT molecular complexity index is 1390. The van der Waals surface area contributed by atoms with Crippen molar-refractivity contribution in [3.63, 3.8) is 0 Å². The molecule has 2 heterocycles. The highest BCUT2D eigenvalue weighted by Crippen LogP contribution is 2.36. The smallest absolute Gasteiger partial charge is 0.339 e. The molecular weight excluding hydrogens is 452 g/mol. The zero-order valence-electron chi connectivity index (χ0n) is 20.0. The van der Waals surface area contributed by atoms with Gasteiger partial charge in [0.1, 0.15) is 5.76 Å². The van der Waals surface area contributed by atoms with Crippen LogP contribution in [0.25, 0.3) is 22.6 Å². The second kappa shape index (κ2) is 11.0. The summed E-state index contributed by atoms with van der Waals surface area (Å²) < 4.78 is 11.0. The number of carbonyl (C=O) groups excluding carboxylic acids is 2. The Balaban J connectivity index is 1.30. The van der Waals surface area contributed by atoms with Crippen LogP contribution in [0.3, 0.4) is 0 Å². The van der Waals surface area contributed by atoms with Gasteiger partial charge in [0.05, 0.1) is 23.0 Å². The van der Waals surface area contributed by atoms with E-state index in [0.29, 0.717) is 12.1 Å². The summed E-state index contributed by atoms with van der Waals surface area (Å²) in [7, 11) is 0. The number of esters is 1. The molecule has 1 N–H and O–H groups in total. The molecule has 0 spiro atoms. The number of fused-ring (bicyclic) bond motifs is 2. The van der Waals surface area contributed by atoms with Gasteiger partial charge >= 0.3 is 5.97 Å². The molecule has 2 aromatic carbocycles. The molecule has 0 saturated heterocycles. The zero-order chi connectivity index (χ0) is 24.7. The summed E-state index contributed by atoms with van der Waals surface area (Å²) in [6, 6.07) is 21.4. The summed E-state index contributed by atoms with van der Waals surface area (Å²) in [6.45, 7) is 0.213. The van der Waals surface area contributed by atoms with E-state index in [1.165, 1.54) is 5.56 Å². The lowest BCUT2D eigenvalue weighted by Gasteiger charge is -2.22. The van der Waals surface area contributed by atoms with Crippen molar-refractivity contribution in [3.8, 4) is 0 Å². The van der Waals surface area contributed by atoms with E-state index < -0.39 is 5.97 Å². The van der Waals surface area contributed by atoms with E-state index in [1.807, 2.05) is 60.7 Å². The van der Waals surface area contributed by atoms with E-state index in [4.69, 9.17) is 14.1 Å². The lowest BCUT2D eigenvalue weighted by molar-refractivity contribution is -0.124. The molecule has 1 amide bonds. The first-order valence-electron chi connectivity index (χ1n) is 12.3. The summed E-state index contributed by atoms with van der Waals surface area (Å²) >= 11 is 0. The Labute approximate surface area is 210 Å². The van der Waals surface area contributed by atoms with Crippen molar-refractivity contribution in [1.82, 2.24) is 10.3 Å². The average Bonchev–Trinajstić information content (AvgIpc) is 3.42. The molecule has 0 fully saturated rings. The van der Waals surface area contributed by atoms with Crippen LogP contribution in [0, 0.1) is 0 Å². The van der Waals surface area contributed by atoms with Crippen molar-refractivity contribution in [3.05, 3.63) is 101 Å². The quantitative estimate of drug-likeness (QED) is 0.262. The van der Waals surface area contributed by atoms with Crippen LogP contribution in [0.4, 0.5) is 0 Å². The minimum Gasteiger partial charge on any atom is -0.465 e. The van der Waals surface area contributed by atoms with E-state index in [0.717, 1.165) is 65.6 Å². The fourth-order valence-electron chi connectivity index (χ4n) is 4.67. The number of allylic oxidation sites excluding steroid dienone is 1. The number of para-hydroxylation sites is 1. The Morgan fingerprint density at radius 2 is 1.83 bits per heavy atom. The molecule has 1 aliphatic rings.